The Kier molecular flexibility index (Phi) is 5.65. The summed E-state index contributed by atoms with van der Waals surface area (Å²) in [6.45, 7) is 3.97. The van der Waals surface area contributed by atoms with Gasteiger partial charge in [0.1, 0.15) is 5.75 Å². The van der Waals surface area contributed by atoms with E-state index in [-0.39, 0.29) is 0 Å². The molecule has 3 nitrogen and oxygen atoms in total. The molecule has 0 unspecified atom stereocenters. The van der Waals surface area contributed by atoms with Gasteiger partial charge in [0.05, 0.1) is 18.5 Å². The molecule has 0 atom stereocenters. The van der Waals surface area contributed by atoms with Crippen LogP contribution >= 0.6 is 15.9 Å². The van der Waals surface area contributed by atoms with Crippen LogP contribution in [0.3, 0.4) is 0 Å². The van der Waals surface area contributed by atoms with Crippen LogP contribution < -0.4 is 15.0 Å². The van der Waals surface area contributed by atoms with Crippen molar-refractivity contribution in [3.63, 3.8) is 0 Å². The Morgan fingerprint density at radius 1 is 1.14 bits per heavy atom. The Balaban J connectivity index is 2.28. The predicted molar refractivity (Wildman–Crippen MR) is 92.6 cm³/mol. The van der Waals surface area contributed by atoms with E-state index in [0.29, 0.717) is 0 Å². The van der Waals surface area contributed by atoms with Crippen molar-refractivity contribution in [3.05, 3.63) is 52.5 Å². The molecule has 0 aliphatic heterocycles. The van der Waals surface area contributed by atoms with Crippen LogP contribution in [0.4, 0.5) is 11.4 Å². The fourth-order valence-electron chi connectivity index (χ4n) is 2.24. The molecule has 0 aliphatic carbocycles. The van der Waals surface area contributed by atoms with Gasteiger partial charge in [0.15, 0.2) is 0 Å². The lowest BCUT2D eigenvalue weighted by atomic mass is 10.1. The average Bonchev–Trinajstić information content (AvgIpc) is 2.52. The molecule has 0 amide bonds. The van der Waals surface area contributed by atoms with Gasteiger partial charge in [-0.2, -0.15) is 0 Å². The number of methoxy groups -OCH3 is 1. The number of hydrogen-bond acceptors (Lipinski definition) is 3. The second-order valence-corrected chi connectivity index (χ2v) is 5.65. The number of nitrogens with zero attached hydrogens (tertiary/aromatic N) is 1. The van der Waals surface area contributed by atoms with E-state index < -0.39 is 0 Å². The predicted octanol–water partition coefficient (Wildman–Crippen LogP) is 4.34. The highest BCUT2D eigenvalue weighted by molar-refractivity contribution is 9.10. The van der Waals surface area contributed by atoms with Crippen LogP contribution in [0.15, 0.2) is 46.9 Å². The van der Waals surface area contributed by atoms with Gasteiger partial charge < -0.3 is 15.0 Å². The second kappa shape index (κ2) is 7.48. The lowest BCUT2D eigenvalue weighted by molar-refractivity contribution is 0.415. The van der Waals surface area contributed by atoms with Gasteiger partial charge in [0, 0.05) is 18.1 Å². The molecule has 1 N–H and O–H groups in total. The molecule has 2 rings (SSSR count). The molecule has 0 radical (unpaired) electrons. The molecular weight excluding hydrogens is 328 g/mol. The van der Waals surface area contributed by atoms with Crippen LogP contribution in [-0.4, -0.2) is 20.7 Å². The summed E-state index contributed by atoms with van der Waals surface area (Å²) >= 11 is 3.67. The summed E-state index contributed by atoms with van der Waals surface area (Å²) in [6.07, 6.45) is 0. The quantitative estimate of drug-likeness (QED) is 0.840. The molecule has 2 aromatic rings. The minimum absolute atomic E-state index is 0.864. The minimum Gasteiger partial charge on any atom is -0.495 e. The second-order valence-electron chi connectivity index (χ2n) is 4.80. The molecule has 0 saturated heterocycles. The highest BCUT2D eigenvalue weighted by atomic mass is 79.9. The number of ether oxygens (including phenoxy) is 1. The fraction of sp³-hybridized carbons (Fsp3) is 0.294. The first-order chi connectivity index (χ1) is 10.2. The third-order valence-electron chi connectivity index (χ3n) is 3.40. The van der Waals surface area contributed by atoms with Crippen molar-refractivity contribution < 1.29 is 4.74 Å². The number of hydrogen-bond donors (Lipinski definition) is 1. The summed E-state index contributed by atoms with van der Waals surface area (Å²) in [5, 5.41) is 3.34. The van der Waals surface area contributed by atoms with Crippen molar-refractivity contribution in [3.8, 4) is 5.75 Å². The van der Waals surface area contributed by atoms with E-state index in [1.165, 1.54) is 5.56 Å². The lowest BCUT2D eigenvalue weighted by Gasteiger charge is -2.23. The van der Waals surface area contributed by atoms with Crippen molar-refractivity contribution in [1.82, 2.24) is 5.32 Å². The highest BCUT2D eigenvalue weighted by Gasteiger charge is 2.12. The largest absolute Gasteiger partial charge is 0.495 e. The summed E-state index contributed by atoms with van der Waals surface area (Å²) in [5.74, 6) is 0.864. The van der Waals surface area contributed by atoms with Gasteiger partial charge >= 0.3 is 0 Å². The van der Waals surface area contributed by atoms with E-state index in [1.54, 1.807) is 7.11 Å². The first kappa shape index (κ1) is 15.9. The average molecular weight is 349 g/mol. The Bertz CT molecular complexity index is 601. The molecule has 4 heteroatoms. The number of nitrogens with one attached hydrogen (secondary N) is 1. The van der Waals surface area contributed by atoms with Gasteiger partial charge in [-0.3, -0.25) is 0 Å². The number of benzene rings is 2. The van der Waals surface area contributed by atoms with E-state index in [9.17, 15) is 0 Å². The summed E-state index contributed by atoms with van der Waals surface area (Å²) in [7, 11) is 3.74. The Morgan fingerprint density at radius 2 is 1.90 bits per heavy atom. The number of para-hydroxylation sites is 2. The van der Waals surface area contributed by atoms with E-state index in [1.807, 2.05) is 25.2 Å². The van der Waals surface area contributed by atoms with Crippen molar-refractivity contribution in [2.45, 2.75) is 13.5 Å². The highest BCUT2D eigenvalue weighted by Crippen LogP contribution is 2.36. The molecular formula is C17H21BrN2O. The van der Waals surface area contributed by atoms with Gasteiger partial charge in [-0.15, -0.1) is 0 Å². The Hall–Kier alpha value is -1.52. The normalized spacial score (nSPS) is 10.5. The Labute approximate surface area is 135 Å². The third kappa shape index (κ3) is 3.77. The van der Waals surface area contributed by atoms with Crippen molar-refractivity contribution >= 4 is 27.3 Å². The number of rotatable bonds is 6. The Morgan fingerprint density at radius 3 is 2.57 bits per heavy atom. The van der Waals surface area contributed by atoms with E-state index in [4.69, 9.17) is 4.74 Å². The zero-order valence-corrected chi connectivity index (χ0v) is 14.3. The number of halogens is 1. The van der Waals surface area contributed by atoms with Crippen LogP contribution in [0.5, 0.6) is 5.75 Å². The standard InChI is InChI=1S/C17H21BrN2O/c1-4-19-12-13-9-10-15(14(18)11-13)20(2)16-7-5-6-8-17(16)21-3/h5-11,19H,4,12H2,1-3H3. The summed E-state index contributed by atoms with van der Waals surface area (Å²) in [5.41, 5.74) is 3.42. The van der Waals surface area contributed by atoms with Crippen LogP contribution in [0.2, 0.25) is 0 Å². The first-order valence-corrected chi connectivity index (χ1v) is 7.82. The van der Waals surface area contributed by atoms with Gasteiger partial charge in [-0.05, 0) is 52.3 Å². The van der Waals surface area contributed by atoms with Crippen LogP contribution in [0, 0.1) is 0 Å². The van der Waals surface area contributed by atoms with Gasteiger partial charge in [0.2, 0.25) is 0 Å². The summed E-state index contributed by atoms with van der Waals surface area (Å²) in [6, 6.07) is 14.4. The monoisotopic (exact) mass is 348 g/mol. The van der Waals surface area contributed by atoms with Crippen molar-refractivity contribution in [2.75, 3.05) is 25.6 Å². The molecule has 0 spiro atoms. The number of anilines is 2. The molecule has 0 aliphatic rings. The molecule has 0 aromatic heterocycles. The molecule has 112 valence electrons. The smallest absolute Gasteiger partial charge is 0.142 e. The molecule has 2 aromatic carbocycles. The van der Waals surface area contributed by atoms with Crippen LogP contribution in [0.1, 0.15) is 12.5 Å². The molecule has 0 fully saturated rings. The van der Waals surface area contributed by atoms with Gasteiger partial charge in [-0.25, -0.2) is 0 Å². The third-order valence-corrected chi connectivity index (χ3v) is 4.03. The van der Waals surface area contributed by atoms with E-state index in [0.717, 1.165) is 34.7 Å². The molecule has 0 saturated carbocycles. The molecule has 0 heterocycles. The lowest BCUT2D eigenvalue weighted by Crippen LogP contribution is -2.13. The minimum atomic E-state index is 0.864. The van der Waals surface area contributed by atoms with Crippen molar-refractivity contribution in [2.24, 2.45) is 0 Å². The topological polar surface area (TPSA) is 24.5 Å². The maximum atomic E-state index is 5.44. The van der Waals surface area contributed by atoms with Gasteiger partial charge in [0.25, 0.3) is 0 Å². The summed E-state index contributed by atoms with van der Waals surface area (Å²) in [4.78, 5) is 2.12. The zero-order valence-electron chi connectivity index (χ0n) is 12.7. The van der Waals surface area contributed by atoms with Crippen molar-refractivity contribution in [1.29, 1.82) is 0 Å². The van der Waals surface area contributed by atoms with Crippen LogP contribution in [-0.2, 0) is 6.54 Å². The fourth-order valence-corrected chi connectivity index (χ4v) is 2.93. The van der Waals surface area contributed by atoms with Gasteiger partial charge in [-0.1, -0.05) is 25.1 Å². The maximum Gasteiger partial charge on any atom is 0.142 e. The maximum absolute atomic E-state index is 5.44. The van der Waals surface area contributed by atoms with E-state index in [2.05, 4.69) is 57.3 Å². The molecule has 0 bridgehead atoms. The van der Waals surface area contributed by atoms with E-state index >= 15 is 0 Å². The SMILES string of the molecule is CCNCc1ccc(N(C)c2ccccc2OC)c(Br)c1. The zero-order chi connectivity index (χ0) is 15.2. The molecule has 21 heavy (non-hydrogen) atoms. The van der Waals surface area contributed by atoms with Crippen LogP contribution in [0.25, 0.3) is 0 Å². The summed E-state index contributed by atoms with van der Waals surface area (Å²) < 4.78 is 6.51. The first-order valence-electron chi connectivity index (χ1n) is 7.03.